The summed E-state index contributed by atoms with van der Waals surface area (Å²) in [5, 5.41) is 2.84. The maximum Gasteiger partial charge on any atom is 0.573 e. The minimum atomic E-state index is -4.74. The number of hydrogen-bond donors (Lipinski definition) is 1. The fourth-order valence-corrected chi connectivity index (χ4v) is 1.67. The SMILES string of the molecule is Fc1cccc(NCc2ccccc2OC(F)(F)F)c1. The molecular formula is C14H11F4NO. The van der Waals surface area contributed by atoms with Gasteiger partial charge >= 0.3 is 6.36 Å². The van der Waals surface area contributed by atoms with Crippen LogP contribution in [0.5, 0.6) is 5.75 Å². The molecule has 0 atom stereocenters. The molecule has 0 heterocycles. The standard InChI is InChI=1S/C14H11F4NO/c15-11-5-3-6-12(8-11)19-9-10-4-1-2-7-13(10)20-14(16,17)18/h1-8,19H,9H2. The van der Waals surface area contributed by atoms with Gasteiger partial charge in [0.15, 0.2) is 0 Å². The molecule has 0 radical (unpaired) electrons. The van der Waals surface area contributed by atoms with Crippen molar-refractivity contribution in [1.82, 2.24) is 0 Å². The molecule has 0 aliphatic rings. The van der Waals surface area contributed by atoms with E-state index >= 15 is 0 Å². The lowest BCUT2D eigenvalue weighted by molar-refractivity contribution is -0.274. The number of benzene rings is 2. The van der Waals surface area contributed by atoms with Crippen LogP contribution >= 0.6 is 0 Å². The van der Waals surface area contributed by atoms with Crippen LogP contribution in [0.4, 0.5) is 23.2 Å². The van der Waals surface area contributed by atoms with E-state index in [1.807, 2.05) is 0 Å². The Morgan fingerprint density at radius 1 is 1.00 bits per heavy atom. The fourth-order valence-electron chi connectivity index (χ4n) is 1.67. The molecular weight excluding hydrogens is 274 g/mol. The van der Waals surface area contributed by atoms with Crippen molar-refractivity contribution < 1.29 is 22.3 Å². The average molecular weight is 285 g/mol. The molecule has 0 fully saturated rings. The van der Waals surface area contributed by atoms with Crippen LogP contribution in [0.3, 0.4) is 0 Å². The third-order valence-corrected chi connectivity index (χ3v) is 2.51. The first-order chi connectivity index (χ1) is 9.44. The van der Waals surface area contributed by atoms with Crippen molar-refractivity contribution >= 4 is 5.69 Å². The summed E-state index contributed by atoms with van der Waals surface area (Å²) in [6.07, 6.45) is -4.74. The molecule has 2 aromatic rings. The molecule has 0 bridgehead atoms. The lowest BCUT2D eigenvalue weighted by atomic mass is 10.2. The summed E-state index contributed by atoms with van der Waals surface area (Å²) >= 11 is 0. The van der Waals surface area contributed by atoms with E-state index in [9.17, 15) is 17.6 Å². The van der Waals surface area contributed by atoms with Crippen LogP contribution in [-0.4, -0.2) is 6.36 Å². The molecule has 0 spiro atoms. The first kappa shape index (κ1) is 14.2. The lowest BCUT2D eigenvalue weighted by Crippen LogP contribution is -2.18. The van der Waals surface area contributed by atoms with Crippen LogP contribution in [0.15, 0.2) is 48.5 Å². The smallest absolute Gasteiger partial charge is 0.405 e. The highest BCUT2D eigenvalue weighted by atomic mass is 19.4. The summed E-state index contributed by atoms with van der Waals surface area (Å²) in [4.78, 5) is 0. The molecule has 1 N–H and O–H groups in total. The normalized spacial score (nSPS) is 11.2. The number of rotatable bonds is 4. The molecule has 0 amide bonds. The fraction of sp³-hybridized carbons (Fsp3) is 0.143. The third-order valence-electron chi connectivity index (χ3n) is 2.51. The molecule has 0 aromatic heterocycles. The minimum absolute atomic E-state index is 0.0930. The average Bonchev–Trinajstić information content (AvgIpc) is 2.36. The van der Waals surface area contributed by atoms with Gasteiger partial charge < -0.3 is 10.1 Å². The highest BCUT2D eigenvalue weighted by Gasteiger charge is 2.31. The summed E-state index contributed by atoms with van der Waals surface area (Å²) in [5.74, 6) is -0.696. The summed E-state index contributed by atoms with van der Waals surface area (Å²) in [6, 6.07) is 11.5. The first-order valence-corrected chi connectivity index (χ1v) is 5.77. The van der Waals surface area contributed by atoms with Crippen LogP contribution in [0, 0.1) is 5.82 Å². The molecule has 0 aliphatic heterocycles. The van der Waals surface area contributed by atoms with Gasteiger partial charge in [0.2, 0.25) is 0 Å². The number of nitrogens with one attached hydrogen (secondary N) is 1. The predicted octanol–water partition coefficient (Wildman–Crippen LogP) is 4.34. The van der Waals surface area contributed by atoms with E-state index in [0.717, 1.165) is 0 Å². The second kappa shape index (κ2) is 5.81. The lowest BCUT2D eigenvalue weighted by Gasteiger charge is -2.14. The second-order valence-corrected chi connectivity index (χ2v) is 4.02. The van der Waals surface area contributed by atoms with E-state index < -0.39 is 12.2 Å². The zero-order valence-corrected chi connectivity index (χ0v) is 10.2. The highest BCUT2D eigenvalue weighted by molar-refractivity contribution is 5.45. The Hall–Kier alpha value is -2.24. The molecule has 106 valence electrons. The van der Waals surface area contributed by atoms with Gasteiger partial charge in [0.25, 0.3) is 0 Å². The largest absolute Gasteiger partial charge is 0.573 e. The zero-order chi connectivity index (χ0) is 14.6. The van der Waals surface area contributed by atoms with E-state index in [0.29, 0.717) is 11.3 Å². The highest BCUT2D eigenvalue weighted by Crippen LogP contribution is 2.26. The van der Waals surface area contributed by atoms with E-state index in [1.165, 1.54) is 36.4 Å². The van der Waals surface area contributed by atoms with Gasteiger partial charge in [0.05, 0.1) is 0 Å². The van der Waals surface area contributed by atoms with Gasteiger partial charge in [-0.1, -0.05) is 24.3 Å². The van der Waals surface area contributed by atoms with Crippen LogP contribution in [0.1, 0.15) is 5.56 Å². The number of hydrogen-bond acceptors (Lipinski definition) is 2. The first-order valence-electron chi connectivity index (χ1n) is 5.77. The van der Waals surface area contributed by atoms with Crippen LogP contribution in [-0.2, 0) is 6.54 Å². The monoisotopic (exact) mass is 285 g/mol. The molecule has 20 heavy (non-hydrogen) atoms. The molecule has 6 heteroatoms. The summed E-state index contributed by atoms with van der Waals surface area (Å²) in [7, 11) is 0. The number of halogens is 4. The quantitative estimate of drug-likeness (QED) is 0.844. The molecule has 2 rings (SSSR count). The van der Waals surface area contributed by atoms with Crippen molar-refractivity contribution in [2.24, 2.45) is 0 Å². The topological polar surface area (TPSA) is 21.3 Å². The Labute approximate surface area is 113 Å². The van der Waals surface area contributed by atoms with Gasteiger partial charge in [0, 0.05) is 17.8 Å². The number of anilines is 1. The second-order valence-electron chi connectivity index (χ2n) is 4.02. The predicted molar refractivity (Wildman–Crippen MR) is 66.9 cm³/mol. The summed E-state index contributed by atoms with van der Waals surface area (Å²) in [5.41, 5.74) is 0.806. The maximum absolute atomic E-state index is 13.0. The molecule has 0 saturated carbocycles. The van der Waals surface area contributed by atoms with Gasteiger partial charge in [-0.05, 0) is 24.3 Å². The Kier molecular flexibility index (Phi) is 4.12. The maximum atomic E-state index is 13.0. The summed E-state index contributed by atoms with van der Waals surface area (Å²) in [6.45, 7) is 0.0930. The van der Waals surface area contributed by atoms with Crippen LogP contribution in [0.25, 0.3) is 0 Å². The Bertz CT molecular complexity index is 583. The van der Waals surface area contributed by atoms with E-state index in [-0.39, 0.29) is 12.3 Å². The Morgan fingerprint density at radius 2 is 1.75 bits per heavy atom. The van der Waals surface area contributed by atoms with Crippen molar-refractivity contribution in [1.29, 1.82) is 0 Å². The number of ether oxygens (including phenoxy) is 1. The number of para-hydroxylation sites is 1. The van der Waals surface area contributed by atoms with E-state index in [1.54, 1.807) is 12.1 Å². The summed E-state index contributed by atoms with van der Waals surface area (Å²) < 4.78 is 53.6. The third kappa shape index (κ3) is 4.15. The van der Waals surface area contributed by atoms with Gasteiger partial charge in [-0.3, -0.25) is 0 Å². The molecule has 0 saturated heterocycles. The molecule has 0 aliphatic carbocycles. The van der Waals surface area contributed by atoms with Crippen molar-refractivity contribution in [2.75, 3.05) is 5.32 Å². The van der Waals surface area contributed by atoms with Crippen molar-refractivity contribution in [3.63, 3.8) is 0 Å². The minimum Gasteiger partial charge on any atom is -0.405 e. The van der Waals surface area contributed by atoms with Gasteiger partial charge in [-0.2, -0.15) is 0 Å². The Balaban J connectivity index is 2.09. The van der Waals surface area contributed by atoms with Crippen LogP contribution < -0.4 is 10.1 Å². The van der Waals surface area contributed by atoms with E-state index in [4.69, 9.17) is 0 Å². The van der Waals surface area contributed by atoms with Crippen molar-refractivity contribution in [3.8, 4) is 5.75 Å². The Morgan fingerprint density at radius 3 is 2.45 bits per heavy atom. The van der Waals surface area contributed by atoms with Crippen LogP contribution in [0.2, 0.25) is 0 Å². The van der Waals surface area contributed by atoms with E-state index in [2.05, 4.69) is 10.1 Å². The molecule has 2 aromatic carbocycles. The van der Waals surface area contributed by atoms with Gasteiger partial charge in [0.1, 0.15) is 11.6 Å². The molecule has 2 nitrogen and oxygen atoms in total. The van der Waals surface area contributed by atoms with Gasteiger partial charge in [-0.25, -0.2) is 4.39 Å². The van der Waals surface area contributed by atoms with Crippen molar-refractivity contribution in [3.05, 3.63) is 59.9 Å². The zero-order valence-electron chi connectivity index (χ0n) is 10.2. The van der Waals surface area contributed by atoms with Crippen molar-refractivity contribution in [2.45, 2.75) is 12.9 Å². The van der Waals surface area contributed by atoms with Gasteiger partial charge in [-0.15, -0.1) is 13.2 Å². The molecule has 0 unspecified atom stereocenters. The number of alkyl halides is 3.